The molecule has 2 amide bonds. The molecule has 0 heterocycles. The van der Waals surface area contributed by atoms with Gasteiger partial charge in [0.05, 0.1) is 20.4 Å². The van der Waals surface area contributed by atoms with Crippen molar-refractivity contribution in [2.24, 2.45) is 5.10 Å². The SMILES string of the molecule is COCCCNC(=O)C(=O)N/N=C\c1cc(OC)c(OC)cc1Br. The molecule has 24 heavy (non-hydrogen) atoms. The van der Waals surface area contributed by atoms with Crippen molar-refractivity contribution in [1.82, 2.24) is 10.7 Å². The van der Waals surface area contributed by atoms with Crippen molar-refractivity contribution in [2.75, 3.05) is 34.5 Å². The number of carbonyl (C=O) groups is 2. The van der Waals surface area contributed by atoms with Gasteiger partial charge in [0.2, 0.25) is 0 Å². The van der Waals surface area contributed by atoms with E-state index in [1.807, 2.05) is 0 Å². The van der Waals surface area contributed by atoms with Crippen molar-refractivity contribution < 1.29 is 23.8 Å². The Hall–Kier alpha value is -2.13. The van der Waals surface area contributed by atoms with Gasteiger partial charge in [-0.2, -0.15) is 5.10 Å². The third-order valence-electron chi connectivity index (χ3n) is 2.89. The van der Waals surface area contributed by atoms with Gasteiger partial charge in [-0.05, 0) is 34.5 Å². The van der Waals surface area contributed by atoms with E-state index in [-0.39, 0.29) is 0 Å². The van der Waals surface area contributed by atoms with Crippen LogP contribution in [0, 0.1) is 0 Å². The molecule has 2 N–H and O–H groups in total. The van der Waals surface area contributed by atoms with Crippen LogP contribution in [0.1, 0.15) is 12.0 Å². The van der Waals surface area contributed by atoms with E-state index in [1.54, 1.807) is 19.2 Å². The van der Waals surface area contributed by atoms with Gasteiger partial charge in [-0.25, -0.2) is 5.43 Å². The number of hydrogen-bond donors (Lipinski definition) is 2. The monoisotopic (exact) mass is 401 g/mol. The van der Waals surface area contributed by atoms with E-state index in [2.05, 4.69) is 31.8 Å². The van der Waals surface area contributed by atoms with Crippen LogP contribution >= 0.6 is 15.9 Å². The number of nitrogens with one attached hydrogen (secondary N) is 2. The molecular formula is C15H20BrN3O5. The van der Waals surface area contributed by atoms with Crippen LogP contribution in [-0.4, -0.2) is 52.5 Å². The molecule has 132 valence electrons. The molecule has 0 aliphatic heterocycles. The highest BCUT2D eigenvalue weighted by atomic mass is 79.9. The Morgan fingerprint density at radius 3 is 2.46 bits per heavy atom. The minimum Gasteiger partial charge on any atom is -0.493 e. The molecule has 0 spiro atoms. The second-order valence-electron chi connectivity index (χ2n) is 4.53. The molecule has 9 heteroatoms. The molecule has 0 aromatic heterocycles. The number of halogens is 1. The molecule has 0 atom stereocenters. The number of ether oxygens (including phenoxy) is 3. The first-order valence-electron chi connectivity index (χ1n) is 7.05. The van der Waals surface area contributed by atoms with Crippen LogP contribution in [0.25, 0.3) is 0 Å². The predicted molar refractivity (Wildman–Crippen MR) is 92.5 cm³/mol. The Morgan fingerprint density at radius 2 is 1.83 bits per heavy atom. The number of methoxy groups -OCH3 is 3. The Kier molecular flexibility index (Phi) is 8.80. The molecule has 0 saturated heterocycles. The van der Waals surface area contributed by atoms with Crippen LogP contribution in [0.2, 0.25) is 0 Å². The Bertz CT molecular complexity index is 607. The summed E-state index contributed by atoms with van der Waals surface area (Å²) in [4.78, 5) is 23.1. The number of nitrogens with zero attached hydrogens (tertiary/aromatic N) is 1. The van der Waals surface area contributed by atoms with Crippen LogP contribution in [0.5, 0.6) is 11.5 Å². The second-order valence-corrected chi connectivity index (χ2v) is 5.38. The fourth-order valence-corrected chi connectivity index (χ4v) is 2.10. The minimum absolute atomic E-state index is 0.352. The third kappa shape index (κ3) is 6.17. The van der Waals surface area contributed by atoms with Gasteiger partial charge in [0, 0.05) is 30.3 Å². The zero-order valence-corrected chi connectivity index (χ0v) is 15.3. The molecule has 0 fully saturated rings. The first-order chi connectivity index (χ1) is 11.5. The largest absolute Gasteiger partial charge is 0.493 e. The van der Waals surface area contributed by atoms with Gasteiger partial charge in [0.1, 0.15) is 0 Å². The first-order valence-corrected chi connectivity index (χ1v) is 7.84. The maximum absolute atomic E-state index is 11.6. The summed E-state index contributed by atoms with van der Waals surface area (Å²) in [6.07, 6.45) is 2.01. The zero-order chi connectivity index (χ0) is 17.9. The van der Waals surface area contributed by atoms with Crippen LogP contribution in [0.3, 0.4) is 0 Å². The van der Waals surface area contributed by atoms with Gasteiger partial charge in [0.25, 0.3) is 0 Å². The van der Waals surface area contributed by atoms with Gasteiger partial charge in [-0.15, -0.1) is 0 Å². The van der Waals surface area contributed by atoms with Crippen LogP contribution in [0.15, 0.2) is 21.7 Å². The lowest BCUT2D eigenvalue weighted by atomic mass is 10.2. The maximum atomic E-state index is 11.6. The molecule has 0 aliphatic rings. The summed E-state index contributed by atoms with van der Waals surface area (Å²) >= 11 is 3.37. The fraction of sp³-hybridized carbons (Fsp3) is 0.400. The van der Waals surface area contributed by atoms with E-state index >= 15 is 0 Å². The molecule has 0 saturated carbocycles. The summed E-state index contributed by atoms with van der Waals surface area (Å²) in [6, 6.07) is 3.40. The smallest absolute Gasteiger partial charge is 0.329 e. The topological polar surface area (TPSA) is 98.2 Å². The van der Waals surface area contributed by atoms with Crippen LogP contribution in [-0.2, 0) is 14.3 Å². The Labute approximate surface area is 148 Å². The average molecular weight is 402 g/mol. The summed E-state index contributed by atoms with van der Waals surface area (Å²) in [6.45, 7) is 0.860. The number of amides is 2. The molecule has 1 aromatic carbocycles. The number of benzene rings is 1. The van der Waals surface area contributed by atoms with Gasteiger partial charge >= 0.3 is 11.8 Å². The molecular weight excluding hydrogens is 382 g/mol. The molecule has 0 aliphatic carbocycles. The zero-order valence-electron chi connectivity index (χ0n) is 13.7. The molecule has 8 nitrogen and oxygen atoms in total. The van der Waals surface area contributed by atoms with E-state index in [1.165, 1.54) is 20.4 Å². The average Bonchev–Trinajstić information content (AvgIpc) is 2.59. The normalized spacial score (nSPS) is 10.5. The number of hydrogen-bond acceptors (Lipinski definition) is 6. The van der Waals surface area contributed by atoms with Crippen molar-refractivity contribution >= 4 is 34.0 Å². The highest BCUT2D eigenvalue weighted by molar-refractivity contribution is 9.10. The molecule has 1 rings (SSSR count). The summed E-state index contributed by atoms with van der Waals surface area (Å²) in [7, 11) is 4.61. The third-order valence-corrected chi connectivity index (χ3v) is 3.58. The van der Waals surface area contributed by atoms with Crippen molar-refractivity contribution in [2.45, 2.75) is 6.42 Å². The molecule has 0 radical (unpaired) electrons. The van der Waals surface area contributed by atoms with Gasteiger partial charge in [-0.3, -0.25) is 9.59 Å². The van der Waals surface area contributed by atoms with Crippen molar-refractivity contribution in [1.29, 1.82) is 0 Å². The Balaban J connectivity index is 2.60. The fourth-order valence-electron chi connectivity index (χ4n) is 1.68. The quantitative estimate of drug-likeness (QED) is 0.293. The first kappa shape index (κ1) is 19.9. The van der Waals surface area contributed by atoms with E-state index in [0.29, 0.717) is 41.1 Å². The lowest BCUT2D eigenvalue weighted by Crippen LogP contribution is -2.38. The standard InChI is InChI=1S/C15H20BrN3O5/c1-22-6-4-5-17-14(20)15(21)19-18-9-10-7-12(23-2)13(24-3)8-11(10)16/h7-9H,4-6H2,1-3H3,(H,17,20)(H,19,21)/b18-9-. The van der Waals surface area contributed by atoms with E-state index in [9.17, 15) is 9.59 Å². The molecule has 0 unspecified atom stereocenters. The van der Waals surface area contributed by atoms with Crippen molar-refractivity contribution in [3.8, 4) is 11.5 Å². The predicted octanol–water partition coefficient (Wildman–Crippen LogP) is 1.07. The van der Waals surface area contributed by atoms with E-state index in [0.717, 1.165) is 0 Å². The maximum Gasteiger partial charge on any atom is 0.329 e. The van der Waals surface area contributed by atoms with Gasteiger partial charge < -0.3 is 19.5 Å². The summed E-state index contributed by atoms with van der Waals surface area (Å²) < 4.78 is 15.9. The van der Waals surface area contributed by atoms with Crippen LogP contribution in [0.4, 0.5) is 0 Å². The highest BCUT2D eigenvalue weighted by Gasteiger charge is 2.12. The van der Waals surface area contributed by atoms with Gasteiger partial charge in [0.15, 0.2) is 11.5 Å². The number of rotatable bonds is 8. The summed E-state index contributed by atoms with van der Waals surface area (Å²) in [5, 5.41) is 6.22. The van der Waals surface area contributed by atoms with E-state index in [4.69, 9.17) is 14.2 Å². The number of hydrazone groups is 1. The minimum atomic E-state index is -0.847. The number of carbonyl (C=O) groups excluding carboxylic acids is 2. The summed E-state index contributed by atoms with van der Waals surface area (Å²) in [5.74, 6) is -0.528. The second kappa shape index (κ2) is 10.6. The van der Waals surface area contributed by atoms with E-state index < -0.39 is 11.8 Å². The molecule has 1 aromatic rings. The molecule has 0 bridgehead atoms. The summed E-state index contributed by atoms with van der Waals surface area (Å²) in [5.41, 5.74) is 2.81. The highest BCUT2D eigenvalue weighted by Crippen LogP contribution is 2.32. The van der Waals surface area contributed by atoms with Gasteiger partial charge in [-0.1, -0.05) is 0 Å². The Morgan fingerprint density at radius 1 is 1.17 bits per heavy atom. The van der Waals surface area contributed by atoms with Crippen LogP contribution < -0.4 is 20.2 Å². The van der Waals surface area contributed by atoms with Crippen molar-refractivity contribution in [3.63, 3.8) is 0 Å². The lowest BCUT2D eigenvalue weighted by Gasteiger charge is -2.09. The van der Waals surface area contributed by atoms with Crippen molar-refractivity contribution in [3.05, 3.63) is 22.2 Å². The lowest BCUT2D eigenvalue weighted by molar-refractivity contribution is -0.139.